The number of benzene rings is 1. The van der Waals surface area contributed by atoms with Gasteiger partial charge in [-0.25, -0.2) is 0 Å². The summed E-state index contributed by atoms with van der Waals surface area (Å²) < 4.78 is 5.50. The quantitative estimate of drug-likeness (QED) is 0.797. The second kappa shape index (κ2) is 6.66. The number of nitrogens with zero attached hydrogens (tertiary/aromatic N) is 1. The minimum atomic E-state index is -0.249. The fourth-order valence-electron chi connectivity index (χ4n) is 2.81. The molecule has 0 saturated carbocycles. The molecule has 0 aliphatic carbocycles. The van der Waals surface area contributed by atoms with Gasteiger partial charge in [-0.3, -0.25) is 4.79 Å². The SMILES string of the molecule is Cc1ccc(/C(=C/C(=O)N2CCOCC2(C)C)C(C)C)cc1. The van der Waals surface area contributed by atoms with E-state index in [9.17, 15) is 4.79 Å². The maximum atomic E-state index is 12.8. The largest absolute Gasteiger partial charge is 0.377 e. The first-order valence-electron chi connectivity index (χ1n) is 7.99. The van der Waals surface area contributed by atoms with E-state index in [0.717, 1.165) is 11.1 Å². The van der Waals surface area contributed by atoms with Gasteiger partial charge in [-0.1, -0.05) is 43.7 Å². The number of carbonyl (C=O) groups is 1. The van der Waals surface area contributed by atoms with Gasteiger partial charge >= 0.3 is 0 Å². The predicted molar refractivity (Wildman–Crippen MR) is 90.6 cm³/mol. The van der Waals surface area contributed by atoms with Crippen molar-refractivity contribution < 1.29 is 9.53 Å². The lowest BCUT2D eigenvalue weighted by Gasteiger charge is -2.41. The van der Waals surface area contributed by atoms with Crippen molar-refractivity contribution in [2.75, 3.05) is 19.8 Å². The van der Waals surface area contributed by atoms with Crippen LogP contribution >= 0.6 is 0 Å². The number of amides is 1. The Labute approximate surface area is 134 Å². The van der Waals surface area contributed by atoms with E-state index < -0.39 is 0 Å². The average molecular weight is 301 g/mol. The molecule has 1 aromatic carbocycles. The molecule has 1 aromatic rings. The summed E-state index contributed by atoms with van der Waals surface area (Å²) >= 11 is 0. The topological polar surface area (TPSA) is 29.5 Å². The van der Waals surface area contributed by atoms with Crippen molar-refractivity contribution in [3.8, 4) is 0 Å². The fourth-order valence-corrected chi connectivity index (χ4v) is 2.81. The first-order valence-corrected chi connectivity index (χ1v) is 7.99. The molecule has 2 rings (SSSR count). The van der Waals surface area contributed by atoms with Gasteiger partial charge in [0.25, 0.3) is 0 Å². The molecule has 1 aliphatic rings. The Balaban J connectivity index is 2.29. The highest BCUT2D eigenvalue weighted by Gasteiger charge is 2.33. The van der Waals surface area contributed by atoms with Crippen molar-refractivity contribution in [3.63, 3.8) is 0 Å². The van der Waals surface area contributed by atoms with Gasteiger partial charge < -0.3 is 9.64 Å². The molecule has 120 valence electrons. The molecule has 0 bridgehead atoms. The first kappa shape index (κ1) is 16.8. The summed E-state index contributed by atoms with van der Waals surface area (Å²) in [7, 11) is 0. The van der Waals surface area contributed by atoms with E-state index in [1.54, 1.807) is 0 Å². The molecular weight excluding hydrogens is 274 g/mol. The summed E-state index contributed by atoms with van der Waals surface area (Å²) in [4.78, 5) is 14.7. The van der Waals surface area contributed by atoms with Gasteiger partial charge in [0.2, 0.25) is 5.91 Å². The second-order valence-corrected chi connectivity index (χ2v) is 6.98. The zero-order valence-electron chi connectivity index (χ0n) is 14.3. The van der Waals surface area contributed by atoms with E-state index in [0.29, 0.717) is 25.7 Å². The number of allylic oxidation sites excluding steroid dienone is 1. The Morgan fingerprint density at radius 2 is 1.91 bits per heavy atom. The van der Waals surface area contributed by atoms with Crippen LogP contribution in [-0.2, 0) is 9.53 Å². The molecular formula is C19H27NO2. The summed E-state index contributed by atoms with van der Waals surface area (Å²) in [5.74, 6) is 0.383. The van der Waals surface area contributed by atoms with Crippen LogP contribution in [0.4, 0.5) is 0 Å². The summed E-state index contributed by atoms with van der Waals surface area (Å²) in [6.45, 7) is 12.3. The van der Waals surface area contributed by atoms with Crippen LogP contribution in [0, 0.1) is 12.8 Å². The molecule has 0 aromatic heterocycles. The first-order chi connectivity index (χ1) is 10.3. The molecule has 0 radical (unpaired) electrons. The molecule has 0 N–H and O–H groups in total. The molecule has 3 nitrogen and oxygen atoms in total. The third kappa shape index (κ3) is 3.77. The van der Waals surface area contributed by atoms with Crippen LogP contribution in [-0.4, -0.2) is 36.1 Å². The normalized spacial score (nSPS) is 18.6. The third-order valence-corrected chi connectivity index (χ3v) is 4.20. The van der Waals surface area contributed by atoms with Crippen LogP contribution < -0.4 is 0 Å². The van der Waals surface area contributed by atoms with Crippen LogP contribution in [0.25, 0.3) is 5.57 Å². The lowest BCUT2D eigenvalue weighted by Crippen LogP contribution is -2.55. The number of hydrogen-bond acceptors (Lipinski definition) is 2. The van der Waals surface area contributed by atoms with Gasteiger partial charge in [-0.15, -0.1) is 0 Å². The van der Waals surface area contributed by atoms with Gasteiger partial charge in [-0.2, -0.15) is 0 Å². The number of aryl methyl sites for hydroxylation is 1. The number of ether oxygens (including phenoxy) is 1. The second-order valence-electron chi connectivity index (χ2n) is 6.98. The highest BCUT2D eigenvalue weighted by atomic mass is 16.5. The van der Waals surface area contributed by atoms with E-state index in [1.807, 2.05) is 11.0 Å². The van der Waals surface area contributed by atoms with Crippen LogP contribution in [0.1, 0.15) is 38.8 Å². The summed E-state index contributed by atoms with van der Waals surface area (Å²) in [5, 5.41) is 0. The highest BCUT2D eigenvalue weighted by Crippen LogP contribution is 2.26. The Morgan fingerprint density at radius 3 is 2.45 bits per heavy atom. The lowest BCUT2D eigenvalue weighted by molar-refractivity contribution is -0.140. The van der Waals surface area contributed by atoms with Gasteiger partial charge in [0.05, 0.1) is 18.8 Å². The number of rotatable bonds is 3. The average Bonchev–Trinajstić information content (AvgIpc) is 2.45. The molecule has 22 heavy (non-hydrogen) atoms. The summed E-state index contributed by atoms with van der Waals surface area (Å²) in [6.07, 6.45) is 1.81. The Kier molecular flexibility index (Phi) is 5.07. The van der Waals surface area contributed by atoms with E-state index in [-0.39, 0.29) is 11.4 Å². The smallest absolute Gasteiger partial charge is 0.247 e. The summed E-state index contributed by atoms with van der Waals surface area (Å²) in [5.41, 5.74) is 3.20. The zero-order chi connectivity index (χ0) is 16.3. The molecule has 3 heteroatoms. The predicted octanol–water partition coefficient (Wildman–Crippen LogP) is 3.67. The monoisotopic (exact) mass is 301 g/mol. The lowest BCUT2D eigenvalue weighted by atomic mass is 9.93. The third-order valence-electron chi connectivity index (χ3n) is 4.20. The molecule has 1 fully saturated rings. The molecule has 1 aliphatic heterocycles. The number of carbonyl (C=O) groups excluding carboxylic acids is 1. The minimum Gasteiger partial charge on any atom is -0.377 e. The molecule has 0 unspecified atom stereocenters. The van der Waals surface area contributed by atoms with E-state index in [4.69, 9.17) is 4.74 Å². The molecule has 1 saturated heterocycles. The van der Waals surface area contributed by atoms with Crippen molar-refractivity contribution in [2.45, 2.75) is 40.2 Å². The zero-order valence-corrected chi connectivity index (χ0v) is 14.3. The van der Waals surface area contributed by atoms with Crippen molar-refractivity contribution in [3.05, 3.63) is 41.5 Å². The van der Waals surface area contributed by atoms with Crippen LogP contribution in [0.5, 0.6) is 0 Å². The minimum absolute atomic E-state index is 0.0811. The van der Waals surface area contributed by atoms with E-state index in [1.165, 1.54) is 5.56 Å². The molecule has 1 amide bonds. The Morgan fingerprint density at radius 1 is 1.27 bits per heavy atom. The Bertz CT molecular complexity index is 555. The maximum absolute atomic E-state index is 12.8. The number of morpholine rings is 1. The molecule has 1 heterocycles. The van der Waals surface area contributed by atoms with Gasteiger partial charge in [0.15, 0.2) is 0 Å². The van der Waals surface area contributed by atoms with Crippen molar-refractivity contribution >= 4 is 11.5 Å². The maximum Gasteiger partial charge on any atom is 0.247 e. The van der Waals surface area contributed by atoms with Crippen LogP contribution in [0.2, 0.25) is 0 Å². The van der Waals surface area contributed by atoms with E-state index in [2.05, 4.69) is 58.9 Å². The van der Waals surface area contributed by atoms with Crippen LogP contribution in [0.3, 0.4) is 0 Å². The van der Waals surface area contributed by atoms with E-state index >= 15 is 0 Å². The molecule has 0 atom stereocenters. The van der Waals surface area contributed by atoms with Crippen LogP contribution in [0.15, 0.2) is 30.3 Å². The summed E-state index contributed by atoms with van der Waals surface area (Å²) in [6, 6.07) is 8.38. The highest BCUT2D eigenvalue weighted by molar-refractivity contribution is 5.96. The van der Waals surface area contributed by atoms with Crippen molar-refractivity contribution in [1.29, 1.82) is 0 Å². The fraction of sp³-hybridized carbons (Fsp3) is 0.526. The number of hydrogen-bond donors (Lipinski definition) is 0. The van der Waals surface area contributed by atoms with Gasteiger partial charge in [-0.05, 0) is 37.8 Å². The van der Waals surface area contributed by atoms with Crippen molar-refractivity contribution in [1.82, 2.24) is 4.90 Å². The van der Waals surface area contributed by atoms with Gasteiger partial charge in [0, 0.05) is 12.6 Å². The van der Waals surface area contributed by atoms with Crippen molar-refractivity contribution in [2.24, 2.45) is 5.92 Å². The standard InChI is InChI=1S/C19H27NO2/c1-14(2)17(16-8-6-15(3)7-9-16)12-18(21)20-10-11-22-13-19(20,4)5/h6-9,12,14H,10-11,13H2,1-5H3/b17-12+. The van der Waals surface area contributed by atoms with Gasteiger partial charge in [0.1, 0.15) is 0 Å². The molecule has 0 spiro atoms. The Hall–Kier alpha value is -1.61.